The zero-order valence-electron chi connectivity index (χ0n) is 14.5. The SMILES string of the molecule is COc1cc(C(C)=O)ccc1OCC(=O)NC(=O)NCCC(C)C. The van der Waals surface area contributed by atoms with Crippen molar-refractivity contribution >= 4 is 17.7 Å². The Morgan fingerprint density at radius 3 is 2.46 bits per heavy atom. The van der Waals surface area contributed by atoms with Gasteiger partial charge in [0.1, 0.15) is 0 Å². The van der Waals surface area contributed by atoms with Gasteiger partial charge < -0.3 is 14.8 Å². The number of ether oxygens (including phenoxy) is 2. The number of ketones is 1. The number of nitrogens with one attached hydrogen (secondary N) is 2. The second kappa shape index (κ2) is 9.54. The fraction of sp³-hybridized carbons (Fsp3) is 0.471. The van der Waals surface area contributed by atoms with E-state index in [0.29, 0.717) is 29.5 Å². The van der Waals surface area contributed by atoms with Crippen LogP contribution in [0.3, 0.4) is 0 Å². The van der Waals surface area contributed by atoms with Crippen LogP contribution in [0.5, 0.6) is 11.5 Å². The number of hydrogen-bond acceptors (Lipinski definition) is 5. The van der Waals surface area contributed by atoms with Crippen molar-refractivity contribution in [2.75, 3.05) is 20.3 Å². The summed E-state index contributed by atoms with van der Waals surface area (Å²) in [5, 5.41) is 4.78. The van der Waals surface area contributed by atoms with Gasteiger partial charge in [0, 0.05) is 12.1 Å². The van der Waals surface area contributed by atoms with Crippen molar-refractivity contribution < 1.29 is 23.9 Å². The van der Waals surface area contributed by atoms with Crippen LogP contribution in [0, 0.1) is 5.92 Å². The molecule has 0 bridgehead atoms. The molecule has 0 radical (unpaired) electrons. The smallest absolute Gasteiger partial charge is 0.321 e. The standard InChI is InChI=1S/C17H24N2O5/c1-11(2)7-8-18-17(22)19-16(21)10-24-14-6-5-13(12(3)20)9-15(14)23-4/h5-6,9,11H,7-8,10H2,1-4H3,(H2,18,19,21,22). The number of hydrogen-bond donors (Lipinski definition) is 2. The third-order valence-corrected chi connectivity index (χ3v) is 3.19. The third kappa shape index (κ3) is 6.68. The van der Waals surface area contributed by atoms with Crippen molar-refractivity contribution in [3.63, 3.8) is 0 Å². The van der Waals surface area contributed by atoms with Crippen LogP contribution in [0.2, 0.25) is 0 Å². The van der Waals surface area contributed by atoms with Crippen LogP contribution in [0.4, 0.5) is 4.79 Å². The molecular formula is C17H24N2O5. The van der Waals surface area contributed by atoms with Crippen molar-refractivity contribution in [1.29, 1.82) is 0 Å². The fourth-order valence-electron chi connectivity index (χ4n) is 1.83. The molecule has 0 spiro atoms. The summed E-state index contributed by atoms with van der Waals surface area (Å²) in [7, 11) is 1.44. The average Bonchev–Trinajstić information content (AvgIpc) is 2.52. The summed E-state index contributed by atoms with van der Waals surface area (Å²) in [6.45, 7) is 5.69. The van der Waals surface area contributed by atoms with Gasteiger partial charge in [-0.15, -0.1) is 0 Å². The van der Waals surface area contributed by atoms with Gasteiger partial charge in [-0.05, 0) is 37.5 Å². The van der Waals surface area contributed by atoms with Crippen LogP contribution in [0.15, 0.2) is 18.2 Å². The molecule has 1 rings (SSSR count). The summed E-state index contributed by atoms with van der Waals surface area (Å²) in [6.07, 6.45) is 0.831. The largest absolute Gasteiger partial charge is 0.493 e. The Labute approximate surface area is 141 Å². The van der Waals surface area contributed by atoms with Crippen LogP contribution >= 0.6 is 0 Å². The van der Waals surface area contributed by atoms with Crippen LogP contribution in [0.1, 0.15) is 37.6 Å². The van der Waals surface area contributed by atoms with Crippen molar-refractivity contribution in [3.05, 3.63) is 23.8 Å². The quantitative estimate of drug-likeness (QED) is 0.710. The van der Waals surface area contributed by atoms with E-state index < -0.39 is 11.9 Å². The number of amides is 3. The number of methoxy groups -OCH3 is 1. The van der Waals surface area contributed by atoms with E-state index in [4.69, 9.17) is 9.47 Å². The van der Waals surface area contributed by atoms with Crippen LogP contribution in [-0.4, -0.2) is 38.0 Å². The summed E-state index contributed by atoms with van der Waals surface area (Å²) >= 11 is 0. The molecule has 0 aliphatic heterocycles. The zero-order valence-corrected chi connectivity index (χ0v) is 14.5. The number of carbonyl (C=O) groups is 3. The normalized spacial score (nSPS) is 10.2. The highest BCUT2D eigenvalue weighted by atomic mass is 16.5. The first-order chi connectivity index (χ1) is 11.3. The predicted molar refractivity (Wildman–Crippen MR) is 89.5 cm³/mol. The molecule has 7 heteroatoms. The minimum atomic E-state index is -0.574. The van der Waals surface area contributed by atoms with Gasteiger partial charge in [-0.2, -0.15) is 0 Å². The lowest BCUT2D eigenvalue weighted by atomic mass is 10.1. The Balaban J connectivity index is 2.49. The van der Waals surface area contributed by atoms with Gasteiger partial charge >= 0.3 is 6.03 Å². The second-order valence-electron chi connectivity index (χ2n) is 5.70. The molecule has 0 saturated heterocycles. The lowest BCUT2D eigenvalue weighted by Crippen LogP contribution is -2.42. The molecule has 132 valence electrons. The third-order valence-electron chi connectivity index (χ3n) is 3.19. The zero-order chi connectivity index (χ0) is 18.1. The first kappa shape index (κ1) is 19.5. The van der Waals surface area contributed by atoms with Crippen LogP contribution in [0.25, 0.3) is 0 Å². The van der Waals surface area contributed by atoms with Gasteiger partial charge in [0.25, 0.3) is 5.91 Å². The van der Waals surface area contributed by atoms with E-state index in [0.717, 1.165) is 6.42 Å². The molecule has 7 nitrogen and oxygen atoms in total. The molecular weight excluding hydrogens is 312 g/mol. The van der Waals surface area contributed by atoms with E-state index in [1.807, 2.05) is 13.8 Å². The number of Topliss-reactive ketones (excluding diaryl/α,β-unsaturated/α-hetero) is 1. The van der Waals surface area contributed by atoms with E-state index in [1.54, 1.807) is 12.1 Å². The van der Waals surface area contributed by atoms with Crippen molar-refractivity contribution in [2.24, 2.45) is 5.92 Å². The summed E-state index contributed by atoms with van der Waals surface area (Å²) in [4.78, 5) is 34.6. The Bertz CT molecular complexity index is 599. The average molecular weight is 336 g/mol. The van der Waals surface area contributed by atoms with Gasteiger partial charge in [0.05, 0.1) is 7.11 Å². The minimum Gasteiger partial charge on any atom is -0.493 e. The number of imide groups is 1. The van der Waals surface area contributed by atoms with E-state index in [1.165, 1.54) is 20.1 Å². The molecule has 0 heterocycles. The topological polar surface area (TPSA) is 93.7 Å². The van der Waals surface area contributed by atoms with Gasteiger partial charge in [0.15, 0.2) is 23.9 Å². The summed E-state index contributed by atoms with van der Waals surface area (Å²) in [5.74, 6) is 0.454. The Morgan fingerprint density at radius 2 is 1.88 bits per heavy atom. The van der Waals surface area contributed by atoms with Crippen molar-refractivity contribution in [2.45, 2.75) is 27.2 Å². The number of urea groups is 1. The summed E-state index contributed by atoms with van der Waals surface area (Å²) in [6, 6.07) is 4.11. The maximum Gasteiger partial charge on any atom is 0.321 e. The lowest BCUT2D eigenvalue weighted by Gasteiger charge is -2.12. The monoisotopic (exact) mass is 336 g/mol. The molecule has 0 aliphatic carbocycles. The molecule has 3 amide bonds. The fourth-order valence-corrected chi connectivity index (χ4v) is 1.83. The van der Waals surface area contributed by atoms with E-state index >= 15 is 0 Å². The first-order valence-electron chi connectivity index (χ1n) is 7.73. The molecule has 1 aromatic carbocycles. The molecule has 0 fully saturated rings. The number of carbonyl (C=O) groups excluding carboxylic acids is 3. The molecule has 1 aromatic rings. The summed E-state index contributed by atoms with van der Waals surface area (Å²) in [5.41, 5.74) is 0.480. The van der Waals surface area contributed by atoms with E-state index in [9.17, 15) is 14.4 Å². The van der Waals surface area contributed by atoms with Crippen LogP contribution < -0.4 is 20.1 Å². The maximum atomic E-state index is 11.7. The maximum absolute atomic E-state index is 11.7. The molecule has 0 unspecified atom stereocenters. The van der Waals surface area contributed by atoms with E-state index in [2.05, 4.69) is 10.6 Å². The number of rotatable bonds is 8. The van der Waals surface area contributed by atoms with Gasteiger partial charge in [-0.25, -0.2) is 4.79 Å². The Hall–Kier alpha value is -2.57. The van der Waals surface area contributed by atoms with Crippen LogP contribution in [-0.2, 0) is 4.79 Å². The molecule has 0 aromatic heterocycles. The Morgan fingerprint density at radius 1 is 1.17 bits per heavy atom. The predicted octanol–water partition coefficient (Wildman–Crippen LogP) is 2.15. The first-order valence-corrected chi connectivity index (χ1v) is 7.73. The van der Waals surface area contributed by atoms with Crippen molar-refractivity contribution in [1.82, 2.24) is 10.6 Å². The van der Waals surface area contributed by atoms with Gasteiger partial charge in [-0.1, -0.05) is 13.8 Å². The highest BCUT2D eigenvalue weighted by Gasteiger charge is 2.12. The van der Waals surface area contributed by atoms with Gasteiger partial charge in [0.2, 0.25) is 0 Å². The lowest BCUT2D eigenvalue weighted by molar-refractivity contribution is -0.122. The molecule has 0 aliphatic rings. The second-order valence-corrected chi connectivity index (χ2v) is 5.70. The highest BCUT2D eigenvalue weighted by molar-refractivity contribution is 5.95. The Kier molecular flexibility index (Phi) is 7.74. The van der Waals surface area contributed by atoms with Gasteiger partial charge in [-0.3, -0.25) is 14.9 Å². The minimum absolute atomic E-state index is 0.101. The summed E-state index contributed by atoms with van der Waals surface area (Å²) < 4.78 is 10.5. The highest BCUT2D eigenvalue weighted by Crippen LogP contribution is 2.28. The molecule has 0 saturated carbocycles. The molecule has 0 atom stereocenters. The molecule has 2 N–H and O–H groups in total. The van der Waals surface area contributed by atoms with Crippen molar-refractivity contribution in [3.8, 4) is 11.5 Å². The number of benzene rings is 1. The molecule has 24 heavy (non-hydrogen) atoms. The van der Waals surface area contributed by atoms with E-state index in [-0.39, 0.29) is 12.4 Å².